The SMILES string of the molecule is CCCCOCCOc1ccc(-c2ccc(N3CCCC3)c(C(C)=CC(=O)OCC)c2)cc1. The van der Waals surface area contributed by atoms with E-state index in [2.05, 4.69) is 42.2 Å². The molecule has 0 N–H and O–H groups in total. The minimum Gasteiger partial charge on any atom is -0.491 e. The van der Waals surface area contributed by atoms with Crippen molar-refractivity contribution < 1.29 is 19.0 Å². The van der Waals surface area contributed by atoms with Gasteiger partial charge >= 0.3 is 5.97 Å². The van der Waals surface area contributed by atoms with Crippen LogP contribution in [-0.2, 0) is 14.3 Å². The fourth-order valence-electron chi connectivity index (χ4n) is 4.01. The number of ether oxygens (including phenoxy) is 3. The van der Waals surface area contributed by atoms with Gasteiger partial charge in [0.25, 0.3) is 0 Å². The molecule has 0 aromatic heterocycles. The summed E-state index contributed by atoms with van der Waals surface area (Å²) in [5.41, 5.74) is 5.39. The predicted octanol–water partition coefficient (Wildman–Crippen LogP) is 6.12. The number of benzene rings is 2. The van der Waals surface area contributed by atoms with Crippen molar-refractivity contribution in [2.75, 3.05) is 44.4 Å². The number of carbonyl (C=O) groups is 1. The Bertz CT molecular complexity index is 914. The van der Waals surface area contributed by atoms with Crippen molar-refractivity contribution in [3.8, 4) is 16.9 Å². The molecule has 0 unspecified atom stereocenters. The Morgan fingerprint density at radius 3 is 2.39 bits per heavy atom. The van der Waals surface area contributed by atoms with Crippen LogP contribution in [0.4, 0.5) is 5.69 Å². The first-order valence-electron chi connectivity index (χ1n) is 12.2. The highest BCUT2D eigenvalue weighted by Gasteiger charge is 2.18. The quantitative estimate of drug-likeness (QED) is 0.221. The van der Waals surface area contributed by atoms with Gasteiger partial charge in [0.05, 0.1) is 13.2 Å². The van der Waals surface area contributed by atoms with E-state index in [1.807, 2.05) is 26.0 Å². The minimum atomic E-state index is -0.298. The molecule has 0 bridgehead atoms. The first kappa shape index (κ1) is 24.8. The first-order valence-corrected chi connectivity index (χ1v) is 12.2. The van der Waals surface area contributed by atoms with Gasteiger partial charge < -0.3 is 19.1 Å². The Hall–Kier alpha value is -2.79. The molecule has 2 aromatic carbocycles. The highest BCUT2D eigenvalue weighted by atomic mass is 16.5. The number of unbranched alkanes of at least 4 members (excludes halogenated alkanes) is 1. The molecule has 178 valence electrons. The molecule has 5 heteroatoms. The van der Waals surface area contributed by atoms with E-state index in [-0.39, 0.29) is 5.97 Å². The summed E-state index contributed by atoms with van der Waals surface area (Å²) in [6, 6.07) is 14.7. The molecular formula is C28H37NO4. The van der Waals surface area contributed by atoms with Crippen LogP contribution in [0.1, 0.15) is 52.0 Å². The first-order chi connectivity index (χ1) is 16.1. The molecule has 0 spiro atoms. The second-order valence-corrected chi connectivity index (χ2v) is 8.34. The molecular weight excluding hydrogens is 414 g/mol. The number of rotatable bonds is 12. The number of hydrogen-bond donors (Lipinski definition) is 0. The average Bonchev–Trinajstić information content (AvgIpc) is 3.36. The standard InChI is InChI=1S/C28H37NO4/c1-4-6-17-31-18-19-33-25-12-9-23(10-13-25)24-11-14-27(29-15-7-8-16-29)26(21-24)22(3)20-28(30)32-5-2/h9-14,20-21H,4-8,15-19H2,1-3H3. The predicted molar refractivity (Wildman–Crippen MR) is 135 cm³/mol. The smallest absolute Gasteiger partial charge is 0.331 e. The monoisotopic (exact) mass is 451 g/mol. The lowest BCUT2D eigenvalue weighted by Crippen LogP contribution is -2.19. The van der Waals surface area contributed by atoms with Crippen molar-refractivity contribution in [3.63, 3.8) is 0 Å². The Morgan fingerprint density at radius 2 is 1.70 bits per heavy atom. The van der Waals surface area contributed by atoms with E-state index in [1.54, 1.807) is 6.08 Å². The second-order valence-electron chi connectivity index (χ2n) is 8.34. The van der Waals surface area contributed by atoms with Gasteiger partial charge in [-0.2, -0.15) is 0 Å². The summed E-state index contributed by atoms with van der Waals surface area (Å²) >= 11 is 0. The second kappa shape index (κ2) is 13.0. The third kappa shape index (κ3) is 7.36. The zero-order valence-corrected chi connectivity index (χ0v) is 20.3. The summed E-state index contributed by atoms with van der Waals surface area (Å²) in [6.07, 6.45) is 6.23. The molecule has 1 aliphatic heterocycles. The van der Waals surface area contributed by atoms with Gasteiger partial charge in [0.2, 0.25) is 0 Å². The van der Waals surface area contributed by atoms with Crippen LogP contribution in [0.2, 0.25) is 0 Å². The summed E-state index contributed by atoms with van der Waals surface area (Å²) in [5, 5.41) is 0. The van der Waals surface area contributed by atoms with Crippen LogP contribution in [0.5, 0.6) is 5.75 Å². The third-order valence-corrected chi connectivity index (χ3v) is 5.82. The lowest BCUT2D eigenvalue weighted by Gasteiger charge is -2.23. The molecule has 0 aliphatic carbocycles. The average molecular weight is 452 g/mol. The van der Waals surface area contributed by atoms with Crippen molar-refractivity contribution in [2.45, 2.75) is 46.5 Å². The zero-order chi connectivity index (χ0) is 23.5. The van der Waals surface area contributed by atoms with Gasteiger partial charge in [-0.1, -0.05) is 31.5 Å². The summed E-state index contributed by atoms with van der Waals surface area (Å²) in [7, 11) is 0. The molecule has 5 nitrogen and oxygen atoms in total. The highest BCUT2D eigenvalue weighted by Crippen LogP contribution is 2.34. The van der Waals surface area contributed by atoms with Gasteiger partial charge in [0.1, 0.15) is 12.4 Å². The summed E-state index contributed by atoms with van der Waals surface area (Å²) in [6.45, 7) is 10.4. The van der Waals surface area contributed by atoms with Gasteiger partial charge in [-0.15, -0.1) is 0 Å². The van der Waals surface area contributed by atoms with Gasteiger partial charge in [0, 0.05) is 37.0 Å². The Balaban J connectivity index is 1.75. The Labute approximate surface area is 198 Å². The van der Waals surface area contributed by atoms with Gasteiger partial charge in [-0.05, 0) is 74.1 Å². The van der Waals surface area contributed by atoms with Crippen LogP contribution < -0.4 is 9.64 Å². The summed E-state index contributed by atoms with van der Waals surface area (Å²) < 4.78 is 16.5. The molecule has 1 saturated heterocycles. The van der Waals surface area contributed by atoms with E-state index in [0.717, 1.165) is 60.6 Å². The van der Waals surface area contributed by atoms with Crippen molar-refractivity contribution in [1.29, 1.82) is 0 Å². The number of anilines is 1. The lowest BCUT2D eigenvalue weighted by atomic mass is 9.97. The number of allylic oxidation sites excluding steroid dienone is 1. The molecule has 1 aliphatic rings. The van der Waals surface area contributed by atoms with Crippen molar-refractivity contribution in [3.05, 3.63) is 54.1 Å². The van der Waals surface area contributed by atoms with Crippen LogP contribution >= 0.6 is 0 Å². The molecule has 1 heterocycles. The van der Waals surface area contributed by atoms with Crippen molar-refractivity contribution in [1.82, 2.24) is 0 Å². The molecule has 3 rings (SSSR count). The number of hydrogen-bond acceptors (Lipinski definition) is 5. The van der Waals surface area contributed by atoms with Crippen LogP contribution in [0.25, 0.3) is 16.7 Å². The van der Waals surface area contributed by atoms with Crippen LogP contribution in [0, 0.1) is 0 Å². The van der Waals surface area contributed by atoms with Crippen LogP contribution in [0.15, 0.2) is 48.5 Å². The van der Waals surface area contributed by atoms with E-state index < -0.39 is 0 Å². The summed E-state index contributed by atoms with van der Waals surface area (Å²) in [4.78, 5) is 14.5. The summed E-state index contributed by atoms with van der Waals surface area (Å²) in [5.74, 6) is 0.540. The zero-order valence-electron chi connectivity index (χ0n) is 20.3. The third-order valence-electron chi connectivity index (χ3n) is 5.82. The maximum absolute atomic E-state index is 12.1. The topological polar surface area (TPSA) is 48.0 Å². The Kier molecular flexibility index (Phi) is 9.82. The van der Waals surface area contributed by atoms with E-state index >= 15 is 0 Å². The highest BCUT2D eigenvalue weighted by molar-refractivity contribution is 5.93. The van der Waals surface area contributed by atoms with Crippen LogP contribution in [-0.4, -0.2) is 45.5 Å². The number of esters is 1. The largest absolute Gasteiger partial charge is 0.491 e. The lowest BCUT2D eigenvalue weighted by molar-refractivity contribution is -0.137. The maximum Gasteiger partial charge on any atom is 0.331 e. The van der Waals surface area contributed by atoms with E-state index in [1.165, 1.54) is 18.5 Å². The van der Waals surface area contributed by atoms with E-state index in [9.17, 15) is 4.79 Å². The van der Waals surface area contributed by atoms with Gasteiger partial charge in [-0.25, -0.2) is 4.79 Å². The maximum atomic E-state index is 12.1. The number of nitrogens with zero attached hydrogens (tertiary/aromatic N) is 1. The normalized spacial score (nSPS) is 13.9. The number of carbonyl (C=O) groups excluding carboxylic acids is 1. The molecule has 0 atom stereocenters. The minimum absolute atomic E-state index is 0.298. The van der Waals surface area contributed by atoms with Crippen LogP contribution in [0.3, 0.4) is 0 Å². The molecule has 0 amide bonds. The van der Waals surface area contributed by atoms with E-state index in [4.69, 9.17) is 14.2 Å². The fraction of sp³-hybridized carbons (Fsp3) is 0.464. The molecule has 2 aromatic rings. The van der Waals surface area contributed by atoms with Gasteiger partial charge in [0.15, 0.2) is 0 Å². The molecule has 0 saturated carbocycles. The van der Waals surface area contributed by atoms with E-state index in [0.29, 0.717) is 19.8 Å². The molecule has 1 fully saturated rings. The molecule has 33 heavy (non-hydrogen) atoms. The van der Waals surface area contributed by atoms with Crippen molar-refractivity contribution in [2.24, 2.45) is 0 Å². The van der Waals surface area contributed by atoms with Gasteiger partial charge in [-0.3, -0.25) is 0 Å². The molecule has 0 radical (unpaired) electrons. The fourth-order valence-corrected chi connectivity index (χ4v) is 4.01. The van der Waals surface area contributed by atoms with Crippen molar-refractivity contribution >= 4 is 17.2 Å². The Morgan fingerprint density at radius 1 is 0.970 bits per heavy atom.